The normalized spacial score (nSPS) is 12.1. The van der Waals surface area contributed by atoms with Gasteiger partial charge >= 0.3 is 0 Å². The van der Waals surface area contributed by atoms with Crippen molar-refractivity contribution in [3.8, 4) is 0 Å². The number of unbranched alkanes of at least 4 members (excludes halogenated alkanes) is 1. The van der Waals surface area contributed by atoms with Crippen molar-refractivity contribution in [2.45, 2.75) is 26.2 Å². The first kappa shape index (κ1) is 32.7. The molecule has 0 bridgehead atoms. The summed E-state index contributed by atoms with van der Waals surface area (Å²) in [5, 5.41) is 0. The van der Waals surface area contributed by atoms with Gasteiger partial charge in [-0.3, -0.25) is 0 Å². The lowest BCUT2D eigenvalue weighted by atomic mass is 10.1. The van der Waals surface area contributed by atoms with Gasteiger partial charge in [-0.05, 0) is 77.1 Å². The Kier molecular flexibility index (Phi) is 12.8. The summed E-state index contributed by atoms with van der Waals surface area (Å²) in [5.41, 5.74) is 9.50. The molecule has 0 aromatic heterocycles. The highest BCUT2D eigenvalue weighted by Crippen LogP contribution is 2.35. The lowest BCUT2D eigenvalue weighted by Crippen LogP contribution is -2.10. The second kappa shape index (κ2) is 18.3. The van der Waals surface area contributed by atoms with Gasteiger partial charge in [-0.25, -0.2) is 0 Å². The van der Waals surface area contributed by atoms with E-state index >= 15 is 0 Å². The monoisotopic (exact) mass is 609 g/mol. The van der Waals surface area contributed by atoms with Gasteiger partial charge in [0.25, 0.3) is 0 Å². The van der Waals surface area contributed by atoms with Crippen molar-refractivity contribution in [1.29, 1.82) is 0 Å². The molecule has 0 fully saturated rings. The van der Waals surface area contributed by atoms with Gasteiger partial charge < -0.3 is 4.90 Å². The van der Waals surface area contributed by atoms with Crippen molar-refractivity contribution in [2.75, 3.05) is 4.90 Å². The highest BCUT2D eigenvalue weighted by atomic mass is 15.1. The van der Waals surface area contributed by atoms with Crippen LogP contribution in [0.25, 0.3) is 24.3 Å². The molecule has 0 amide bonds. The number of rotatable bonds is 14. The van der Waals surface area contributed by atoms with Crippen LogP contribution < -0.4 is 4.90 Å². The lowest BCUT2D eigenvalue weighted by molar-refractivity contribution is 0.795. The number of anilines is 3. The van der Waals surface area contributed by atoms with E-state index < -0.39 is 0 Å². The molecular formula is C46H43N. The lowest BCUT2D eigenvalue weighted by Gasteiger charge is -2.26. The van der Waals surface area contributed by atoms with Crippen LogP contribution in [0.2, 0.25) is 0 Å². The SMILES string of the molecule is CCCCc1ccc(N(c2ccc(C=CC=CC=Cc3ccccc3)cc2)c2ccc(C=CC=CC=Cc3ccccc3)cc2)cc1. The average Bonchev–Trinajstić information content (AvgIpc) is 3.13. The molecule has 0 saturated carbocycles. The molecule has 5 aromatic rings. The fraction of sp³-hybridized carbons (Fsp3) is 0.0870. The Morgan fingerprint density at radius 3 is 1.09 bits per heavy atom. The fourth-order valence-corrected chi connectivity index (χ4v) is 5.16. The van der Waals surface area contributed by atoms with Crippen LogP contribution in [0.1, 0.15) is 47.6 Å². The fourth-order valence-electron chi connectivity index (χ4n) is 5.16. The standard InChI is InChI=1S/C46H43N/c1-2-3-18-41-27-33-44(34-28-41)47(45-35-29-42(30-36-45)25-12-6-4-10-19-39-21-14-8-15-22-39)46-37-31-43(32-38-46)26-13-7-5-11-20-40-23-16-9-17-24-40/h4-17,19-38H,2-3,18H2,1H3. The maximum Gasteiger partial charge on any atom is 0.0462 e. The van der Waals surface area contributed by atoms with Gasteiger partial charge in [0.15, 0.2) is 0 Å². The first-order valence-electron chi connectivity index (χ1n) is 16.5. The molecule has 232 valence electrons. The molecule has 1 heteroatoms. The maximum absolute atomic E-state index is 2.33. The van der Waals surface area contributed by atoms with Crippen LogP contribution in [-0.2, 0) is 6.42 Å². The van der Waals surface area contributed by atoms with Crippen molar-refractivity contribution in [3.05, 3.63) is 210 Å². The predicted octanol–water partition coefficient (Wildman–Crippen LogP) is 13.1. The molecule has 0 heterocycles. The number of nitrogens with zero attached hydrogens (tertiary/aromatic N) is 1. The van der Waals surface area contributed by atoms with Crippen LogP contribution >= 0.6 is 0 Å². The van der Waals surface area contributed by atoms with Crippen molar-refractivity contribution in [3.63, 3.8) is 0 Å². The van der Waals surface area contributed by atoms with Crippen LogP contribution in [0.5, 0.6) is 0 Å². The van der Waals surface area contributed by atoms with Gasteiger partial charge in [0.2, 0.25) is 0 Å². The molecule has 0 aliphatic carbocycles. The minimum atomic E-state index is 1.12. The Labute approximate surface area is 281 Å². The molecule has 0 radical (unpaired) electrons. The van der Waals surface area contributed by atoms with Crippen LogP contribution in [0.15, 0.2) is 182 Å². The summed E-state index contributed by atoms with van der Waals surface area (Å²) in [5.74, 6) is 0. The minimum absolute atomic E-state index is 1.12. The first-order chi connectivity index (χ1) is 23.3. The summed E-state index contributed by atoms with van der Waals surface area (Å²) >= 11 is 0. The number of hydrogen-bond acceptors (Lipinski definition) is 1. The van der Waals surface area contributed by atoms with Gasteiger partial charge in [0.05, 0.1) is 0 Å². The Morgan fingerprint density at radius 1 is 0.383 bits per heavy atom. The van der Waals surface area contributed by atoms with Gasteiger partial charge in [0.1, 0.15) is 0 Å². The van der Waals surface area contributed by atoms with E-state index in [2.05, 4.69) is 206 Å². The summed E-state index contributed by atoms with van der Waals surface area (Å²) in [6, 6.07) is 47.2. The summed E-state index contributed by atoms with van der Waals surface area (Å²) in [6.07, 6.45) is 28.6. The van der Waals surface area contributed by atoms with Gasteiger partial charge in [-0.2, -0.15) is 0 Å². The molecule has 1 nitrogen and oxygen atoms in total. The van der Waals surface area contributed by atoms with Crippen LogP contribution in [0.4, 0.5) is 17.1 Å². The van der Waals surface area contributed by atoms with E-state index in [0.717, 1.165) is 34.6 Å². The van der Waals surface area contributed by atoms with E-state index in [-0.39, 0.29) is 0 Å². The van der Waals surface area contributed by atoms with Crippen molar-refractivity contribution >= 4 is 41.4 Å². The van der Waals surface area contributed by atoms with E-state index in [4.69, 9.17) is 0 Å². The highest BCUT2D eigenvalue weighted by molar-refractivity contribution is 5.78. The minimum Gasteiger partial charge on any atom is -0.311 e. The smallest absolute Gasteiger partial charge is 0.0462 e. The number of allylic oxidation sites excluding steroid dienone is 8. The molecule has 5 rings (SSSR count). The highest BCUT2D eigenvalue weighted by Gasteiger charge is 2.12. The second-order valence-corrected chi connectivity index (χ2v) is 11.3. The Hall–Kier alpha value is -5.66. The molecule has 5 aromatic carbocycles. The number of hydrogen-bond donors (Lipinski definition) is 0. The second-order valence-electron chi connectivity index (χ2n) is 11.3. The van der Waals surface area contributed by atoms with Crippen molar-refractivity contribution in [1.82, 2.24) is 0 Å². The first-order valence-corrected chi connectivity index (χ1v) is 16.5. The Morgan fingerprint density at radius 2 is 0.723 bits per heavy atom. The zero-order valence-electron chi connectivity index (χ0n) is 27.2. The number of benzene rings is 5. The van der Waals surface area contributed by atoms with Gasteiger partial charge in [0, 0.05) is 17.1 Å². The zero-order valence-corrected chi connectivity index (χ0v) is 27.2. The van der Waals surface area contributed by atoms with Crippen molar-refractivity contribution < 1.29 is 0 Å². The molecule has 0 aliphatic rings. The third-order valence-electron chi connectivity index (χ3n) is 7.74. The van der Waals surface area contributed by atoms with E-state index in [1.165, 1.54) is 29.5 Å². The van der Waals surface area contributed by atoms with Crippen LogP contribution in [-0.4, -0.2) is 0 Å². The van der Waals surface area contributed by atoms with Gasteiger partial charge in [-0.15, -0.1) is 0 Å². The van der Waals surface area contributed by atoms with E-state index in [1.807, 2.05) is 12.1 Å². The summed E-state index contributed by atoms with van der Waals surface area (Å²) in [6.45, 7) is 2.24. The van der Waals surface area contributed by atoms with Gasteiger partial charge in [-0.1, -0.05) is 183 Å². The summed E-state index contributed by atoms with van der Waals surface area (Å²) in [7, 11) is 0. The molecule has 0 N–H and O–H groups in total. The molecule has 0 atom stereocenters. The molecule has 47 heavy (non-hydrogen) atoms. The third kappa shape index (κ3) is 10.7. The third-order valence-corrected chi connectivity index (χ3v) is 7.74. The van der Waals surface area contributed by atoms with E-state index in [9.17, 15) is 0 Å². The molecule has 0 saturated heterocycles. The molecule has 0 aliphatic heterocycles. The summed E-state index contributed by atoms with van der Waals surface area (Å²) in [4.78, 5) is 2.33. The maximum atomic E-state index is 2.33. The largest absolute Gasteiger partial charge is 0.311 e. The van der Waals surface area contributed by atoms with Crippen LogP contribution in [0, 0.1) is 0 Å². The van der Waals surface area contributed by atoms with E-state index in [1.54, 1.807) is 0 Å². The zero-order chi connectivity index (χ0) is 32.4. The molecular weight excluding hydrogens is 567 g/mol. The quantitative estimate of drug-likeness (QED) is 0.113. The summed E-state index contributed by atoms with van der Waals surface area (Å²) < 4.78 is 0. The average molecular weight is 610 g/mol. The number of aryl methyl sites for hydroxylation is 1. The molecule has 0 spiro atoms. The van der Waals surface area contributed by atoms with Crippen molar-refractivity contribution in [2.24, 2.45) is 0 Å². The van der Waals surface area contributed by atoms with E-state index in [0.29, 0.717) is 0 Å². The topological polar surface area (TPSA) is 3.24 Å². The van der Waals surface area contributed by atoms with Crippen LogP contribution in [0.3, 0.4) is 0 Å². The molecule has 0 unspecified atom stereocenters. The predicted molar refractivity (Wildman–Crippen MR) is 207 cm³/mol. The Balaban J connectivity index is 1.28. The Bertz CT molecular complexity index is 1690.